The maximum absolute atomic E-state index is 11.0. The molecule has 0 saturated carbocycles. The van der Waals surface area contributed by atoms with Gasteiger partial charge in [-0.2, -0.15) is 0 Å². The van der Waals surface area contributed by atoms with E-state index in [4.69, 9.17) is 0 Å². The standard InChI is InChI=1S/C14H21N3O2.ClH/c1-10-7-16(8-11(2)15-10)9-13-5-4-6-14(12(13)3)17(18)19;/h4-6,10-11,15H,7-9H2,1-3H3;1H. The minimum absolute atomic E-state index is 0. The zero-order valence-electron chi connectivity index (χ0n) is 12.1. The first-order valence-corrected chi connectivity index (χ1v) is 6.68. The predicted molar refractivity (Wildman–Crippen MR) is 82.4 cm³/mol. The van der Waals surface area contributed by atoms with Crippen molar-refractivity contribution in [3.8, 4) is 0 Å². The largest absolute Gasteiger partial charge is 0.309 e. The number of nitro groups is 1. The van der Waals surface area contributed by atoms with Crippen LogP contribution < -0.4 is 5.32 Å². The van der Waals surface area contributed by atoms with Crippen molar-refractivity contribution < 1.29 is 4.92 Å². The van der Waals surface area contributed by atoms with Gasteiger partial charge in [-0.15, -0.1) is 12.4 Å². The Morgan fingerprint density at radius 1 is 1.35 bits per heavy atom. The number of rotatable bonds is 3. The summed E-state index contributed by atoms with van der Waals surface area (Å²) in [7, 11) is 0. The number of hydrogen-bond acceptors (Lipinski definition) is 4. The summed E-state index contributed by atoms with van der Waals surface area (Å²) in [4.78, 5) is 13.0. The molecule has 0 radical (unpaired) electrons. The van der Waals surface area contributed by atoms with Gasteiger partial charge in [-0.05, 0) is 26.3 Å². The van der Waals surface area contributed by atoms with E-state index < -0.39 is 0 Å². The second-order valence-electron chi connectivity index (χ2n) is 5.48. The topological polar surface area (TPSA) is 58.4 Å². The van der Waals surface area contributed by atoms with Gasteiger partial charge in [-0.25, -0.2) is 0 Å². The van der Waals surface area contributed by atoms with Crippen molar-refractivity contribution in [2.75, 3.05) is 13.1 Å². The molecule has 20 heavy (non-hydrogen) atoms. The number of hydrogen-bond donors (Lipinski definition) is 1. The van der Waals surface area contributed by atoms with E-state index in [0.29, 0.717) is 12.1 Å². The summed E-state index contributed by atoms with van der Waals surface area (Å²) in [6.07, 6.45) is 0. The van der Waals surface area contributed by atoms with Crippen molar-refractivity contribution >= 4 is 18.1 Å². The summed E-state index contributed by atoms with van der Waals surface area (Å²) in [5, 5.41) is 14.4. The summed E-state index contributed by atoms with van der Waals surface area (Å²) in [6, 6.07) is 6.25. The first-order chi connectivity index (χ1) is 8.97. The Morgan fingerprint density at radius 3 is 2.50 bits per heavy atom. The minimum Gasteiger partial charge on any atom is -0.309 e. The number of piperazine rings is 1. The van der Waals surface area contributed by atoms with Crippen LogP contribution in [0.1, 0.15) is 25.0 Å². The fraction of sp³-hybridized carbons (Fsp3) is 0.571. The molecule has 0 aromatic heterocycles. The Bertz CT molecular complexity index is 471. The van der Waals surface area contributed by atoms with Crippen LogP contribution in [-0.2, 0) is 6.54 Å². The molecule has 5 nitrogen and oxygen atoms in total. The average Bonchev–Trinajstić information content (AvgIpc) is 2.30. The monoisotopic (exact) mass is 299 g/mol. The molecule has 1 aliphatic rings. The van der Waals surface area contributed by atoms with Crippen LogP contribution in [0.4, 0.5) is 5.69 Å². The Morgan fingerprint density at radius 2 is 1.95 bits per heavy atom. The SMILES string of the molecule is Cc1c(CN2CC(C)NC(C)C2)cccc1[N+](=O)[O-].Cl. The quantitative estimate of drug-likeness (QED) is 0.688. The van der Waals surface area contributed by atoms with Gasteiger partial charge in [0.1, 0.15) is 0 Å². The molecule has 1 aromatic carbocycles. The van der Waals surface area contributed by atoms with Crippen molar-refractivity contribution in [3.63, 3.8) is 0 Å². The fourth-order valence-corrected chi connectivity index (χ4v) is 2.85. The van der Waals surface area contributed by atoms with Gasteiger partial charge in [-0.3, -0.25) is 15.0 Å². The van der Waals surface area contributed by atoms with Gasteiger partial charge in [0, 0.05) is 43.3 Å². The first-order valence-electron chi connectivity index (χ1n) is 6.68. The molecule has 0 amide bonds. The Kier molecular flexibility index (Phi) is 5.92. The Labute approximate surface area is 125 Å². The van der Waals surface area contributed by atoms with E-state index in [9.17, 15) is 10.1 Å². The smallest absolute Gasteiger partial charge is 0.272 e. The molecule has 2 unspecified atom stereocenters. The third-order valence-electron chi connectivity index (χ3n) is 3.64. The van der Waals surface area contributed by atoms with Crippen molar-refractivity contribution in [2.24, 2.45) is 0 Å². The van der Waals surface area contributed by atoms with Gasteiger partial charge in [-0.1, -0.05) is 12.1 Å². The molecule has 1 fully saturated rings. The third kappa shape index (κ3) is 3.91. The summed E-state index contributed by atoms with van der Waals surface area (Å²) < 4.78 is 0. The van der Waals surface area contributed by atoms with Crippen molar-refractivity contribution in [1.82, 2.24) is 10.2 Å². The molecule has 1 aromatic rings. The van der Waals surface area contributed by atoms with Gasteiger partial charge in [0.25, 0.3) is 5.69 Å². The molecular weight excluding hydrogens is 278 g/mol. The van der Waals surface area contributed by atoms with Crippen LogP contribution in [0.3, 0.4) is 0 Å². The zero-order valence-corrected chi connectivity index (χ0v) is 12.9. The van der Waals surface area contributed by atoms with Crippen LogP contribution in [0.25, 0.3) is 0 Å². The van der Waals surface area contributed by atoms with Crippen molar-refractivity contribution in [2.45, 2.75) is 39.4 Å². The molecule has 0 bridgehead atoms. The van der Waals surface area contributed by atoms with Crippen LogP contribution in [0.15, 0.2) is 18.2 Å². The van der Waals surface area contributed by atoms with Gasteiger partial charge >= 0.3 is 0 Å². The van der Waals surface area contributed by atoms with Gasteiger partial charge in [0.15, 0.2) is 0 Å². The van der Waals surface area contributed by atoms with Gasteiger partial charge in [0.05, 0.1) is 4.92 Å². The molecule has 0 aliphatic carbocycles. The molecule has 1 heterocycles. The molecule has 2 atom stereocenters. The maximum atomic E-state index is 11.0. The number of nitro benzene ring substituents is 1. The normalized spacial score (nSPS) is 23.1. The van der Waals surface area contributed by atoms with Crippen LogP contribution in [0.5, 0.6) is 0 Å². The lowest BCUT2D eigenvalue weighted by atomic mass is 10.0. The number of benzene rings is 1. The highest BCUT2D eigenvalue weighted by atomic mass is 35.5. The van der Waals surface area contributed by atoms with Crippen LogP contribution in [0, 0.1) is 17.0 Å². The summed E-state index contributed by atoms with van der Waals surface area (Å²) in [6.45, 7) is 8.91. The zero-order chi connectivity index (χ0) is 14.0. The lowest BCUT2D eigenvalue weighted by Gasteiger charge is -2.36. The number of halogens is 1. The van der Waals surface area contributed by atoms with E-state index in [1.165, 1.54) is 0 Å². The molecule has 2 rings (SSSR count). The fourth-order valence-electron chi connectivity index (χ4n) is 2.85. The highest BCUT2D eigenvalue weighted by Crippen LogP contribution is 2.22. The molecule has 0 spiro atoms. The van der Waals surface area contributed by atoms with Crippen LogP contribution in [0.2, 0.25) is 0 Å². The first kappa shape index (κ1) is 16.9. The van der Waals surface area contributed by atoms with E-state index in [0.717, 1.165) is 30.8 Å². The van der Waals surface area contributed by atoms with E-state index in [-0.39, 0.29) is 23.0 Å². The lowest BCUT2D eigenvalue weighted by molar-refractivity contribution is -0.385. The van der Waals surface area contributed by atoms with E-state index in [2.05, 4.69) is 24.1 Å². The molecule has 1 saturated heterocycles. The minimum atomic E-state index is -0.304. The van der Waals surface area contributed by atoms with Gasteiger partial charge in [0.2, 0.25) is 0 Å². The summed E-state index contributed by atoms with van der Waals surface area (Å²) in [5.41, 5.74) is 2.05. The van der Waals surface area contributed by atoms with Crippen LogP contribution in [-0.4, -0.2) is 35.0 Å². The molecular formula is C14H22ClN3O2. The number of nitrogens with zero attached hydrogens (tertiary/aromatic N) is 2. The van der Waals surface area contributed by atoms with E-state index >= 15 is 0 Å². The molecule has 1 aliphatic heterocycles. The molecule has 6 heteroatoms. The van der Waals surface area contributed by atoms with Crippen LogP contribution >= 0.6 is 12.4 Å². The molecule has 1 N–H and O–H groups in total. The summed E-state index contributed by atoms with van der Waals surface area (Å²) >= 11 is 0. The highest BCUT2D eigenvalue weighted by molar-refractivity contribution is 5.85. The maximum Gasteiger partial charge on any atom is 0.272 e. The number of nitrogens with one attached hydrogen (secondary N) is 1. The average molecular weight is 300 g/mol. The summed E-state index contributed by atoms with van der Waals surface area (Å²) in [5.74, 6) is 0. The van der Waals surface area contributed by atoms with Crippen molar-refractivity contribution in [1.29, 1.82) is 0 Å². The van der Waals surface area contributed by atoms with Crippen molar-refractivity contribution in [3.05, 3.63) is 39.4 Å². The third-order valence-corrected chi connectivity index (χ3v) is 3.64. The Hall–Kier alpha value is -1.17. The molecule has 112 valence electrons. The predicted octanol–water partition coefficient (Wildman–Crippen LogP) is 2.51. The second-order valence-corrected chi connectivity index (χ2v) is 5.48. The van der Waals surface area contributed by atoms with E-state index in [1.54, 1.807) is 12.1 Å². The van der Waals surface area contributed by atoms with Gasteiger partial charge < -0.3 is 5.32 Å². The Balaban J connectivity index is 0.00000200. The van der Waals surface area contributed by atoms with E-state index in [1.807, 2.05) is 13.0 Å². The highest BCUT2D eigenvalue weighted by Gasteiger charge is 2.22. The lowest BCUT2D eigenvalue weighted by Crippen LogP contribution is -2.53. The second kappa shape index (κ2) is 7.02.